The highest BCUT2D eigenvalue weighted by Crippen LogP contribution is 2.37. The van der Waals surface area contributed by atoms with Gasteiger partial charge in [0.25, 0.3) is 0 Å². The molecule has 2 aliphatic rings. The lowest BCUT2D eigenvalue weighted by Crippen LogP contribution is -2.35. The van der Waals surface area contributed by atoms with Crippen molar-refractivity contribution in [3.05, 3.63) is 0 Å². The molecule has 0 aromatic heterocycles. The smallest absolute Gasteiger partial charge is 0.410 e. The Kier molecular flexibility index (Phi) is 1.95. The van der Waals surface area contributed by atoms with E-state index in [1.807, 2.05) is 11.8 Å². The Bertz CT molecular complexity index is 173. The molecule has 2 heterocycles. The summed E-state index contributed by atoms with van der Waals surface area (Å²) in [6.07, 6.45) is 4.64. The molecule has 1 amide bonds. The van der Waals surface area contributed by atoms with Gasteiger partial charge in [-0.1, -0.05) is 0 Å². The molecule has 3 nitrogen and oxygen atoms in total. The Morgan fingerprint density at radius 3 is 2.25 bits per heavy atom. The molecular formula is C9H15NO2. The Balaban J connectivity index is 2.00. The topological polar surface area (TPSA) is 29.5 Å². The maximum absolute atomic E-state index is 11.4. The zero-order valence-electron chi connectivity index (χ0n) is 7.45. The van der Waals surface area contributed by atoms with Gasteiger partial charge >= 0.3 is 6.09 Å². The van der Waals surface area contributed by atoms with Crippen LogP contribution in [0.25, 0.3) is 0 Å². The molecule has 2 aliphatic heterocycles. The zero-order chi connectivity index (χ0) is 8.55. The molecule has 12 heavy (non-hydrogen) atoms. The molecule has 0 radical (unpaired) electrons. The minimum Gasteiger partial charge on any atom is -0.450 e. The molecule has 0 saturated carbocycles. The second-order valence-electron chi connectivity index (χ2n) is 3.57. The van der Waals surface area contributed by atoms with Crippen molar-refractivity contribution in [1.29, 1.82) is 0 Å². The van der Waals surface area contributed by atoms with Crippen LogP contribution < -0.4 is 0 Å². The van der Waals surface area contributed by atoms with Crippen molar-refractivity contribution >= 4 is 6.09 Å². The summed E-state index contributed by atoms with van der Waals surface area (Å²) < 4.78 is 4.99. The van der Waals surface area contributed by atoms with Gasteiger partial charge < -0.3 is 9.64 Å². The average molecular weight is 169 g/mol. The SMILES string of the molecule is CCOC(=O)N1C2CCC1CC2. The van der Waals surface area contributed by atoms with Gasteiger partial charge in [-0.2, -0.15) is 0 Å². The maximum atomic E-state index is 11.4. The fraction of sp³-hybridized carbons (Fsp3) is 0.889. The third-order valence-electron chi connectivity index (χ3n) is 2.93. The van der Waals surface area contributed by atoms with Crippen molar-refractivity contribution in [3.8, 4) is 0 Å². The number of carbonyl (C=O) groups is 1. The van der Waals surface area contributed by atoms with E-state index in [-0.39, 0.29) is 6.09 Å². The average Bonchev–Trinajstić information content (AvgIpc) is 2.62. The molecule has 3 heteroatoms. The van der Waals surface area contributed by atoms with Crippen molar-refractivity contribution in [1.82, 2.24) is 4.90 Å². The number of hydrogen-bond donors (Lipinski definition) is 0. The number of amides is 1. The summed E-state index contributed by atoms with van der Waals surface area (Å²) in [4.78, 5) is 13.4. The number of rotatable bonds is 1. The Hall–Kier alpha value is -0.730. The van der Waals surface area contributed by atoms with E-state index in [2.05, 4.69) is 0 Å². The summed E-state index contributed by atoms with van der Waals surface area (Å²) in [7, 11) is 0. The van der Waals surface area contributed by atoms with Crippen LogP contribution in [0, 0.1) is 0 Å². The van der Waals surface area contributed by atoms with Gasteiger partial charge in [-0.05, 0) is 32.6 Å². The van der Waals surface area contributed by atoms with Gasteiger partial charge in [-0.25, -0.2) is 4.79 Å². The van der Waals surface area contributed by atoms with Crippen LogP contribution in [0.1, 0.15) is 32.6 Å². The highest BCUT2D eigenvalue weighted by Gasteiger charge is 2.42. The Morgan fingerprint density at radius 1 is 1.33 bits per heavy atom. The first-order valence-electron chi connectivity index (χ1n) is 4.78. The van der Waals surface area contributed by atoms with E-state index in [4.69, 9.17) is 4.74 Å². The summed E-state index contributed by atoms with van der Waals surface area (Å²) in [6, 6.07) is 0.989. The predicted octanol–water partition coefficient (Wildman–Crippen LogP) is 1.77. The van der Waals surface area contributed by atoms with Crippen LogP contribution in [0.15, 0.2) is 0 Å². The summed E-state index contributed by atoms with van der Waals surface area (Å²) in [5.41, 5.74) is 0. The number of fused-ring (bicyclic) bond motifs is 2. The molecule has 0 aliphatic carbocycles. The summed E-state index contributed by atoms with van der Waals surface area (Å²) in [5, 5.41) is 0. The van der Waals surface area contributed by atoms with E-state index in [0.29, 0.717) is 18.7 Å². The lowest BCUT2D eigenvalue weighted by atomic mass is 10.0. The molecule has 0 aromatic carbocycles. The molecule has 0 aromatic rings. The van der Waals surface area contributed by atoms with E-state index in [0.717, 1.165) is 0 Å². The third-order valence-corrected chi connectivity index (χ3v) is 2.93. The van der Waals surface area contributed by atoms with Crippen molar-refractivity contribution in [2.75, 3.05) is 6.61 Å². The van der Waals surface area contributed by atoms with Crippen LogP contribution in [-0.4, -0.2) is 29.7 Å². The van der Waals surface area contributed by atoms with E-state index < -0.39 is 0 Å². The van der Waals surface area contributed by atoms with Crippen molar-refractivity contribution < 1.29 is 9.53 Å². The fourth-order valence-corrected chi connectivity index (χ4v) is 2.41. The quantitative estimate of drug-likeness (QED) is 0.598. The Labute approximate surface area is 72.7 Å². The third kappa shape index (κ3) is 1.08. The van der Waals surface area contributed by atoms with E-state index in [9.17, 15) is 4.79 Å². The highest BCUT2D eigenvalue weighted by atomic mass is 16.6. The van der Waals surface area contributed by atoms with E-state index in [1.54, 1.807) is 0 Å². The molecule has 0 unspecified atom stereocenters. The molecule has 0 atom stereocenters. The number of hydrogen-bond acceptors (Lipinski definition) is 2. The summed E-state index contributed by atoms with van der Waals surface area (Å²) >= 11 is 0. The van der Waals surface area contributed by atoms with Gasteiger partial charge in [-0.15, -0.1) is 0 Å². The fourth-order valence-electron chi connectivity index (χ4n) is 2.41. The first-order chi connectivity index (χ1) is 5.83. The van der Waals surface area contributed by atoms with Crippen LogP contribution in [0.2, 0.25) is 0 Å². The lowest BCUT2D eigenvalue weighted by molar-refractivity contribution is 0.101. The molecule has 2 rings (SSSR count). The van der Waals surface area contributed by atoms with Gasteiger partial charge in [-0.3, -0.25) is 0 Å². The van der Waals surface area contributed by atoms with Crippen LogP contribution in [-0.2, 0) is 4.74 Å². The minimum atomic E-state index is -0.0949. The second kappa shape index (κ2) is 2.96. The first kappa shape index (κ1) is 7.90. The summed E-state index contributed by atoms with van der Waals surface area (Å²) in [6.45, 7) is 2.35. The van der Waals surface area contributed by atoms with Gasteiger partial charge in [0.1, 0.15) is 0 Å². The maximum Gasteiger partial charge on any atom is 0.410 e. The van der Waals surface area contributed by atoms with Crippen molar-refractivity contribution in [3.63, 3.8) is 0 Å². The normalized spacial score (nSPS) is 32.6. The zero-order valence-corrected chi connectivity index (χ0v) is 7.45. The molecule has 2 saturated heterocycles. The minimum absolute atomic E-state index is 0.0949. The van der Waals surface area contributed by atoms with Crippen LogP contribution in [0.4, 0.5) is 4.79 Å². The second-order valence-corrected chi connectivity index (χ2v) is 3.57. The Morgan fingerprint density at radius 2 is 1.83 bits per heavy atom. The van der Waals surface area contributed by atoms with Crippen molar-refractivity contribution in [2.45, 2.75) is 44.7 Å². The van der Waals surface area contributed by atoms with Gasteiger partial charge in [0.05, 0.1) is 6.61 Å². The van der Waals surface area contributed by atoms with Crippen LogP contribution in [0.3, 0.4) is 0 Å². The highest BCUT2D eigenvalue weighted by molar-refractivity contribution is 5.69. The largest absolute Gasteiger partial charge is 0.450 e. The van der Waals surface area contributed by atoms with Crippen molar-refractivity contribution in [2.24, 2.45) is 0 Å². The molecule has 2 fully saturated rings. The number of carbonyl (C=O) groups excluding carboxylic acids is 1. The van der Waals surface area contributed by atoms with E-state index >= 15 is 0 Å². The van der Waals surface area contributed by atoms with Crippen LogP contribution >= 0.6 is 0 Å². The van der Waals surface area contributed by atoms with E-state index in [1.165, 1.54) is 25.7 Å². The van der Waals surface area contributed by atoms with Gasteiger partial charge in [0.15, 0.2) is 0 Å². The van der Waals surface area contributed by atoms with Gasteiger partial charge in [0.2, 0.25) is 0 Å². The van der Waals surface area contributed by atoms with Crippen LogP contribution in [0.5, 0.6) is 0 Å². The monoisotopic (exact) mass is 169 g/mol. The molecule has 2 bridgehead atoms. The first-order valence-corrected chi connectivity index (χ1v) is 4.78. The predicted molar refractivity (Wildman–Crippen MR) is 44.9 cm³/mol. The summed E-state index contributed by atoms with van der Waals surface area (Å²) in [5.74, 6) is 0. The molecule has 0 spiro atoms. The van der Waals surface area contributed by atoms with Gasteiger partial charge in [0, 0.05) is 12.1 Å². The molecule has 0 N–H and O–H groups in total. The molecular weight excluding hydrogens is 154 g/mol. The lowest BCUT2D eigenvalue weighted by Gasteiger charge is -2.20. The number of nitrogens with zero attached hydrogens (tertiary/aromatic N) is 1. The molecule has 68 valence electrons. The number of ether oxygens (including phenoxy) is 1. The standard InChI is InChI=1S/C9H15NO2/c1-2-12-9(11)10-7-3-4-8(10)6-5-7/h7-8H,2-6H2,1H3.